The summed E-state index contributed by atoms with van der Waals surface area (Å²) in [6.45, 7) is 0.221. The van der Waals surface area contributed by atoms with Crippen LogP contribution in [0.2, 0.25) is 5.02 Å². The summed E-state index contributed by atoms with van der Waals surface area (Å²) >= 11 is 9.14. The zero-order valence-corrected chi connectivity index (χ0v) is 21.1. The van der Waals surface area contributed by atoms with Crippen molar-refractivity contribution < 1.29 is 22.6 Å². The number of hydrogen-bond acceptors (Lipinski definition) is 7. The second-order valence-electron chi connectivity index (χ2n) is 7.59. The average Bonchev–Trinajstić information content (AvgIpc) is 3.49. The molecule has 1 fully saturated rings. The van der Waals surface area contributed by atoms with E-state index in [0.29, 0.717) is 39.4 Å². The number of nitrogens with one attached hydrogen (secondary N) is 1. The standard InChI is InChI=1S/C22H18BrClN4O6S/c23-19-12-15(28(30)31)5-9-18(19)21-10-6-16(34-21)13-25-26-22(29)20-2-1-11-27(20)35(32,33)17-7-3-14(24)4-8-17/h3-10,12-13,20H,1-2,11H2,(H,26,29)/b25-13-/t20-/m1/s1. The topological polar surface area (TPSA) is 135 Å². The molecule has 1 saturated heterocycles. The molecule has 182 valence electrons. The van der Waals surface area contributed by atoms with Crippen LogP contribution >= 0.6 is 27.5 Å². The predicted molar refractivity (Wildman–Crippen MR) is 133 cm³/mol. The summed E-state index contributed by atoms with van der Waals surface area (Å²) in [5, 5.41) is 15.2. The zero-order valence-electron chi connectivity index (χ0n) is 17.9. The molecule has 4 rings (SSSR count). The lowest BCUT2D eigenvalue weighted by Crippen LogP contribution is -2.44. The Morgan fingerprint density at radius 2 is 1.97 bits per heavy atom. The normalized spacial score (nSPS) is 16.6. The van der Waals surface area contributed by atoms with Crippen molar-refractivity contribution in [2.45, 2.75) is 23.8 Å². The maximum absolute atomic E-state index is 13.0. The highest BCUT2D eigenvalue weighted by molar-refractivity contribution is 9.10. The van der Waals surface area contributed by atoms with Crippen LogP contribution in [0.1, 0.15) is 18.6 Å². The first-order valence-corrected chi connectivity index (χ1v) is 12.9. The van der Waals surface area contributed by atoms with E-state index in [9.17, 15) is 23.3 Å². The minimum atomic E-state index is -3.87. The van der Waals surface area contributed by atoms with Gasteiger partial charge in [0, 0.05) is 33.7 Å². The number of halogens is 2. The second-order valence-corrected chi connectivity index (χ2v) is 10.8. The number of carbonyl (C=O) groups is 1. The van der Waals surface area contributed by atoms with Crippen molar-refractivity contribution in [1.82, 2.24) is 9.73 Å². The third-order valence-corrected chi connectivity index (χ3v) is 8.18. The van der Waals surface area contributed by atoms with Gasteiger partial charge in [-0.1, -0.05) is 11.6 Å². The predicted octanol–water partition coefficient (Wildman–Crippen LogP) is 4.57. The zero-order chi connectivity index (χ0) is 25.2. The van der Waals surface area contributed by atoms with Crippen LogP contribution in [0.5, 0.6) is 0 Å². The lowest BCUT2D eigenvalue weighted by molar-refractivity contribution is -0.384. The summed E-state index contributed by atoms with van der Waals surface area (Å²) in [6.07, 6.45) is 2.20. The molecule has 2 aromatic carbocycles. The molecule has 3 aromatic rings. The van der Waals surface area contributed by atoms with Gasteiger partial charge in [0.15, 0.2) is 0 Å². The molecule has 0 unspecified atom stereocenters. The van der Waals surface area contributed by atoms with Crippen LogP contribution in [0.25, 0.3) is 11.3 Å². The summed E-state index contributed by atoms with van der Waals surface area (Å²) in [6, 6.07) is 12.4. The average molecular weight is 582 g/mol. The molecule has 1 aliphatic heterocycles. The lowest BCUT2D eigenvalue weighted by Gasteiger charge is -2.22. The molecular formula is C22H18BrClN4O6S. The van der Waals surface area contributed by atoms with Crippen molar-refractivity contribution >= 4 is 55.4 Å². The van der Waals surface area contributed by atoms with Crippen LogP contribution in [-0.4, -0.2) is 42.4 Å². The minimum absolute atomic E-state index is 0.0595. The number of hydrazone groups is 1. The van der Waals surface area contributed by atoms with Crippen LogP contribution in [0, 0.1) is 10.1 Å². The van der Waals surface area contributed by atoms with Crippen molar-refractivity contribution in [3.05, 3.63) is 80.0 Å². The number of rotatable bonds is 7. The van der Waals surface area contributed by atoms with Gasteiger partial charge in [0.2, 0.25) is 10.0 Å². The van der Waals surface area contributed by atoms with Crippen LogP contribution in [0.4, 0.5) is 5.69 Å². The molecular weight excluding hydrogens is 564 g/mol. The summed E-state index contributed by atoms with van der Waals surface area (Å²) in [5.74, 6) is 0.208. The molecule has 0 spiro atoms. The Labute approximate surface area is 213 Å². The van der Waals surface area contributed by atoms with E-state index in [0.717, 1.165) is 4.31 Å². The molecule has 0 radical (unpaired) electrons. The fraction of sp³-hybridized carbons (Fsp3) is 0.182. The van der Waals surface area contributed by atoms with E-state index in [4.69, 9.17) is 16.0 Å². The molecule has 1 atom stereocenters. The number of amides is 1. The highest BCUT2D eigenvalue weighted by Crippen LogP contribution is 2.32. The van der Waals surface area contributed by atoms with E-state index in [1.54, 1.807) is 18.2 Å². The molecule has 10 nitrogen and oxygen atoms in total. The van der Waals surface area contributed by atoms with E-state index in [2.05, 4.69) is 26.5 Å². The van der Waals surface area contributed by atoms with Gasteiger partial charge >= 0.3 is 0 Å². The number of nitro groups is 1. The van der Waals surface area contributed by atoms with Gasteiger partial charge in [-0.05, 0) is 71.2 Å². The molecule has 0 bridgehead atoms. The number of benzene rings is 2. The molecule has 0 saturated carbocycles. The first-order valence-electron chi connectivity index (χ1n) is 10.3. The molecule has 1 amide bonds. The van der Waals surface area contributed by atoms with Crippen LogP contribution < -0.4 is 5.43 Å². The van der Waals surface area contributed by atoms with E-state index >= 15 is 0 Å². The molecule has 1 aliphatic rings. The number of sulfonamides is 1. The highest BCUT2D eigenvalue weighted by Gasteiger charge is 2.39. The summed E-state index contributed by atoms with van der Waals surface area (Å²) in [4.78, 5) is 23.2. The summed E-state index contributed by atoms with van der Waals surface area (Å²) in [5.41, 5.74) is 2.92. The molecule has 1 N–H and O–H groups in total. The monoisotopic (exact) mass is 580 g/mol. The van der Waals surface area contributed by atoms with Crippen molar-refractivity contribution in [1.29, 1.82) is 0 Å². The number of furan rings is 1. The molecule has 35 heavy (non-hydrogen) atoms. The van der Waals surface area contributed by atoms with Gasteiger partial charge in [-0.2, -0.15) is 9.41 Å². The fourth-order valence-corrected chi connectivity index (χ4v) is 5.99. The van der Waals surface area contributed by atoms with Gasteiger partial charge in [-0.25, -0.2) is 13.8 Å². The Balaban J connectivity index is 1.43. The summed E-state index contributed by atoms with van der Waals surface area (Å²) < 4.78 is 33.3. The number of non-ortho nitro benzene ring substituents is 1. The number of hydrogen-bond donors (Lipinski definition) is 1. The van der Waals surface area contributed by atoms with Crippen LogP contribution in [0.15, 0.2) is 73.5 Å². The van der Waals surface area contributed by atoms with E-state index in [-0.39, 0.29) is 17.1 Å². The van der Waals surface area contributed by atoms with Gasteiger partial charge in [0.1, 0.15) is 17.6 Å². The largest absolute Gasteiger partial charge is 0.455 e. The molecule has 13 heteroatoms. The SMILES string of the molecule is O=C(N/N=C\c1ccc(-c2ccc([N+](=O)[O-])cc2Br)o1)[C@H]1CCCN1S(=O)(=O)c1ccc(Cl)cc1. The lowest BCUT2D eigenvalue weighted by atomic mass is 10.1. The van der Waals surface area contributed by atoms with Crippen LogP contribution in [-0.2, 0) is 14.8 Å². The van der Waals surface area contributed by atoms with Crippen molar-refractivity contribution in [3.63, 3.8) is 0 Å². The Hall–Kier alpha value is -3.06. The van der Waals surface area contributed by atoms with Gasteiger partial charge in [0.25, 0.3) is 11.6 Å². The van der Waals surface area contributed by atoms with Gasteiger partial charge < -0.3 is 4.42 Å². The number of nitro benzene ring substituents is 1. The Morgan fingerprint density at radius 3 is 2.66 bits per heavy atom. The quantitative estimate of drug-likeness (QED) is 0.247. The van der Waals surface area contributed by atoms with Crippen LogP contribution in [0.3, 0.4) is 0 Å². The third kappa shape index (κ3) is 5.45. The molecule has 2 heterocycles. The van der Waals surface area contributed by atoms with E-state index in [1.165, 1.54) is 42.6 Å². The number of nitrogens with zero attached hydrogens (tertiary/aromatic N) is 3. The Morgan fingerprint density at radius 1 is 1.23 bits per heavy atom. The van der Waals surface area contributed by atoms with Crippen molar-refractivity contribution in [2.24, 2.45) is 5.10 Å². The van der Waals surface area contributed by atoms with Crippen molar-refractivity contribution in [3.8, 4) is 11.3 Å². The highest BCUT2D eigenvalue weighted by atomic mass is 79.9. The molecule has 0 aliphatic carbocycles. The van der Waals surface area contributed by atoms with Gasteiger partial charge in [0.05, 0.1) is 16.0 Å². The summed E-state index contributed by atoms with van der Waals surface area (Å²) in [7, 11) is -3.87. The number of carbonyl (C=O) groups excluding carboxylic acids is 1. The van der Waals surface area contributed by atoms with Gasteiger partial charge in [-0.15, -0.1) is 0 Å². The minimum Gasteiger partial charge on any atom is -0.455 e. The Bertz CT molecular complexity index is 1410. The fourth-order valence-electron chi connectivity index (χ4n) is 3.65. The maximum atomic E-state index is 13.0. The molecule has 1 aromatic heterocycles. The Kier molecular flexibility index (Phi) is 7.36. The van der Waals surface area contributed by atoms with Gasteiger partial charge in [-0.3, -0.25) is 14.9 Å². The first kappa shape index (κ1) is 25.0. The first-order chi connectivity index (χ1) is 16.7. The third-order valence-electron chi connectivity index (χ3n) is 5.35. The van der Waals surface area contributed by atoms with E-state index in [1.807, 2.05) is 0 Å². The second kappa shape index (κ2) is 10.3. The smallest absolute Gasteiger partial charge is 0.270 e. The van der Waals surface area contributed by atoms with Crippen molar-refractivity contribution in [2.75, 3.05) is 6.54 Å². The maximum Gasteiger partial charge on any atom is 0.270 e. The van der Waals surface area contributed by atoms with E-state index < -0.39 is 26.9 Å².